The Morgan fingerprint density at radius 3 is 2.81 bits per heavy atom. The summed E-state index contributed by atoms with van der Waals surface area (Å²) in [5.41, 5.74) is 13.1. The summed E-state index contributed by atoms with van der Waals surface area (Å²) in [5.74, 6) is 2.21. The predicted octanol–water partition coefficient (Wildman–Crippen LogP) is 0.465. The molecule has 10 heteroatoms. The summed E-state index contributed by atoms with van der Waals surface area (Å²) in [6, 6.07) is -0.346. The van der Waals surface area contributed by atoms with Crippen LogP contribution in [0.25, 0.3) is 6.08 Å². The first kappa shape index (κ1) is 20.6. The lowest BCUT2D eigenvalue weighted by Gasteiger charge is -2.50. The molecule has 1 unspecified atom stereocenters. The van der Waals surface area contributed by atoms with Gasteiger partial charge in [0.05, 0.1) is 24.6 Å². The van der Waals surface area contributed by atoms with Crippen LogP contribution in [-0.2, 0) is 9.53 Å². The molecule has 1 saturated carbocycles. The Balaban J connectivity index is 1.38. The third-order valence-electron chi connectivity index (χ3n) is 6.73. The van der Waals surface area contributed by atoms with Gasteiger partial charge in [-0.2, -0.15) is 4.98 Å². The molecule has 5 rings (SSSR count). The number of amides is 1. The van der Waals surface area contributed by atoms with Crippen molar-refractivity contribution in [2.24, 2.45) is 11.5 Å². The van der Waals surface area contributed by atoms with Gasteiger partial charge in [-0.25, -0.2) is 4.98 Å². The summed E-state index contributed by atoms with van der Waals surface area (Å²) in [6.07, 6.45) is 13.5. The van der Waals surface area contributed by atoms with Gasteiger partial charge in [0.1, 0.15) is 17.7 Å². The van der Waals surface area contributed by atoms with E-state index in [2.05, 4.69) is 25.4 Å². The van der Waals surface area contributed by atoms with Crippen molar-refractivity contribution in [1.29, 1.82) is 0 Å². The molecule has 10 nitrogen and oxygen atoms in total. The largest absolute Gasteiger partial charge is 0.385 e. The second-order valence-corrected chi connectivity index (χ2v) is 8.73. The van der Waals surface area contributed by atoms with Crippen LogP contribution in [0.2, 0.25) is 0 Å². The highest BCUT2D eigenvalue weighted by atomic mass is 16.5. The van der Waals surface area contributed by atoms with Crippen molar-refractivity contribution >= 4 is 23.7 Å². The number of hydrogen-bond donors (Lipinski definition) is 4. The van der Waals surface area contributed by atoms with Crippen LogP contribution in [-0.4, -0.2) is 65.2 Å². The Kier molecular flexibility index (Phi) is 5.38. The molecule has 0 radical (unpaired) electrons. The van der Waals surface area contributed by atoms with E-state index in [1.165, 1.54) is 0 Å². The van der Waals surface area contributed by atoms with Crippen molar-refractivity contribution in [3.8, 4) is 0 Å². The fourth-order valence-electron chi connectivity index (χ4n) is 5.05. The Hall–Kier alpha value is -3.27. The molecule has 4 heterocycles. The van der Waals surface area contributed by atoms with E-state index in [-0.39, 0.29) is 17.5 Å². The van der Waals surface area contributed by atoms with E-state index in [9.17, 15) is 4.79 Å². The van der Waals surface area contributed by atoms with Gasteiger partial charge in [0, 0.05) is 31.4 Å². The number of carbonyl (C=O) groups excluding carboxylic acids is 1. The number of hydrogen-bond acceptors (Lipinski definition) is 9. The maximum atomic E-state index is 12.6. The van der Waals surface area contributed by atoms with Crippen LogP contribution in [0.3, 0.4) is 0 Å². The zero-order chi connectivity index (χ0) is 22.1. The van der Waals surface area contributed by atoms with Gasteiger partial charge in [-0.1, -0.05) is 25.0 Å². The number of fused-ring (bicyclic) bond motifs is 4. The lowest BCUT2D eigenvalue weighted by molar-refractivity contribution is -0.123. The van der Waals surface area contributed by atoms with Crippen LogP contribution in [0.4, 0.5) is 11.8 Å². The van der Waals surface area contributed by atoms with E-state index in [1.807, 2.05) is 12.2 Å². The van der Waals surface area contributed by atoms with Gasteiger partial charge >= 0.3 is 0 Å². The smallest absolute Gasteiger partial charge is 0.246 e. The van der Waals surface area contributed by atoms with Crippen molar-refractivity contribution in [3.05, 3.63) is 41.6 Å². The monoisotopic (exact) mass is 438 g/mol. The Labute approximate surface area is 187 Å². The van der Waals surface area contributed by atoms with Crippen molar-refractivity contribution in [3.63, 3.8) is 0 Å². The second kappa shape index (κ2) is 8.34. The van der Waals surface area contributed by atoms with E-state index in [0.29, 0.717) is 37.3 Å². The molecule has 1 aromatic heterocycles. The number of carbonyl (C=O) groups is 1. The fourth-order valence-corrected chi connectivity index (χ4v) is 5.05. The highest BCUT2D eigenvalue weighted by Crippen LogP contribution is 2.43. The number of piperazine rings is 1. The van der Waals surface area contributed by atoms with Crippen LogP contribution in [0.15, 0.2) is 36.1 Å². The van der Waals surface area contributed by atoms with Crippen molar-refractivity contribution in [1.82, 2.24) is 20.2 Å². The third-order valence-corrected chi connectivity index (χ3v) is 6.73. The maximum absolute atomic E-state index is 12.6. The van der Waals surface area contributed by atoms with E-state index < -0.39 is 0 Å². The summed E-state index contributed by atoms with van der Waals surface area (Å²) in [6.45, 7) is 3.51. The molecular formula is C22H30N8O2. The number of anilines is 2. The van der Waals surface area contributed by atoms with Gasteiger partial charge < -0.3 is 36.6 Å². The molecule has 0 bridgehead atoms. The molecule has 1 spiro atoms. The summed E-state index contributed by atoms with van der Waals surface area (Å²) in [7, 11) is 0. The van der Waals surface area contributed by atoms with Crippen molar-refractivity contribution in [2.45, 2.75) is 37.3 Å². The topological polar surface area (TPSA) is 135 Å². The summed E-state index contributed by atoms with van der Waals surface area (Å²) in [5, 5.41) is 6.15. The van der Waals surface area contributed by atoms with Gasteiger partial charge in [0.25, 0.3) is 0 Å². The predicted molar refractivity (Wildman–Crippen MR) is 122 cm³/mol. The highest BCUT2D eigenvalue weighted by molar-refractivity contribution is 5.93. The van der Waals surface area contributed by atoms with Crippen LogP contribution in [0, 0.1) is 0 Å². The number of ether oxygens (including phenoxy) is 1. The first-order chi connectivity index (χ1) is 15.6. The van der Waals surface area contributed by atoms with Gasteiger partial charge in [-0.15, -0.1) is 0 Å². The average Bonchev–Trinajstić information content (AvgIpc) is 3.29. The molecule has 1 aliphatic carbocycles. The minimum Gasteiger partial charge on any atom is -0.385 e. The van der Waals surface area contributed by atoms with Gasteiger partial charge in [0.15, 0.2) is 0 Å². The average molecular weight is 439 g/mol. The van der Waals surface area contributed by atoms with Gasteiger partial charge in [0.2, 0.25) is 11.9 Å². The zero-order valence-corrected chi connectivity index (χ0v) is 18.1. The molecule has 0 aromatic carbocycles. The van der Waals surface area contributed by atoms with Gasteiger partial charge in [-0.05, 0) is 25.0 Å². The second-order valence-electron chi connectivity index (χ2n) is 8.73. The standard InChI is InChI=1S/C22H30N8O2/c23-17(5-6-18(24)29-9-11-32-12-10-29)27-21-25-13-15-3-4-16-20(31)26-14-22(7-1-2-8-22)30(16)19(15)28-21/h3-6,13,16H,1-2,7-12,14,23-24H2,(H,26,31)(H,25,27,28)/b17-5+,18-6+. The minimum absolute atomic E-state index is 0.0145. The minimum atomic E-state index is -0.346. The maximum Gasteiger partial charge on any atom is 0.246 e. The molecule has 3 aliphatic heterocycles. The third kappa shape index (κ3) is 3.75. The number of nitrogens with zero attached hydrogens (tertiary/aromatic N) is 4. The van der Waals surface area contributed by atoms with E-state index >= 15 is 0 Å². The fraction of sp³-hybridized carbons (Fsp3) is 0.500. The van der Waals surface area contributed by atoms with E-state index in [1.54, 1.807) is 18.3 Å². The normalized spacial score (nSPS) is 24.9. The Morgan fingerprint density at radius 2 is 2.03 bits per heavy atom. The molecule has 1 aromatic rings. The Morgan fingerprint density at radius 1 is 1.25 bits per heavy atom. The van der Waals surface area contributed by atoms with Crippen molar-refractivity contribution < 1.29 is 9.53 Å². The zero-order valence-electron chi connectivity index (χ0n) is 18.1. The van der Waals surface area contributed by atoms with Crippen LogP contribution >= 0.6 is 0 Å². The number of allylic oxidation sites excluding steroid dienone is 2. The lowest BCUT2D eigenvalue weighted by atomic mass is 9.87. The number of nitrogens with two attached hydrogens (primary N) is 2. The molecule has 6 N–H and O–H groups in total. The quantitative estimate of drug-likeness (QED) is 0.495. The van der Waals surface area contributed by atoms with E-state index in [4.69, 9.17) is 21.2 Å². The molecule has 4 aliphatic rings. The highest BCUT2D eigenvalue weighted by Gasteiger charge is 2.49. The molecular weight excluding hydrogens is 408 g/mol. The molecule has 3 fully saturated rings. The van der Waals surface area contributed by atoms with Crippen LogP contribution in [0.1, 0.15) is 31.2 Å². The summed E-state index contributed by atoms with van der Waals surface area (Å²) < 4.78 is 5.35. The first-order valence-corrected chi connectivity index (χ1v) is 11.2. The Bertz CT molecular complexity index is 976. The van der Waals surface area contributed by atoms with Crippen LogP contribution in [0.5, 0.6) is 0 Å². The SMILES string of the molecule is N/C(=C\C=C(/N)N1CCOCC1)Nc1ncc2c(n1)N1C(C=C2)C(=O)NCC12CCCC2. The van der Waals surface area contributed by atoms with Crippen LogP contribution < -0.4 is 27.0 Å². The molecule has 32 heavy (non-hydrogen) atoms. The summed E-state index contributed by atoms with van der Waals surface area (Å²) >= 11 is 0. The summed E-state index contributed by atoms with van der Waals surface area (Å²) in [4.78, 5) is 26.1. The number of aromatic nitrogens is 2. The number of nitrogens with one attached hydrogen (secondary N) is 2. The molecule has 1 atom stereocenters. The van der Waals surface area contributed by atoms with Gasteiger partial charge in [-0.3, -0.25) is 4.79 Å². The molecule has 1 amide bonds. The molecule has 170 valence electrons. The first-order valence-electron chi connectivity index (χ1n) is 11.2. The van der Waals surface area contributed by atoms with Crippen molar-refractivity contribution in [2.75, 3.05) is 43.1 Å². The number of morpholine rings is 1. The number of rotatable bonds is 4. The van der Waals surface area contributed by atoms with E-state index in [0.717, 1.165) is 50.2 Å². The lowest BCUT2D eigenvalue weighted by Crippen LogP contribution is -2.67. The molecule has 2 saturated heterocycles.